The first-order valence-electron chi connectivity index (χ1n) is 9.92. The van der Waals surface area contributed by atoms with Crippen molar-refractivity contribution >= 4 is 23.6 Å². The average molecular weight is 415 g/mol. The molecule has 0 bridgehead atoms. The van der Waals surface area contributed by atoms with Gasteiger partial charge in [0.1, 0.15) is 5.75 Å². The van der Waals surface area contributed by atoms with Crippen LogP contribution in [-0.4, -0.2) is 19.0 Å². The van der Waals surface area contributed by atoms with Gasteiger partial charge in [0.2, 0.25) is 6.10 Å². The summed E-state index contributed by atoms with van der Waals surface area (Å²) < 4.78 is 10.9. The van der Waals surface area contributed by atoms with Crippen molar-refractivity contribution in [1.82, 2.24) is 0 Å². The molecule has 0 saturated heterocycles. The van der Waals surface area contributed by atoms with Crippen molar-refractivity contribution in [3.63, 3.8) is 0 Å². The maximum Gasteiger partial charge on any atom is 0.331 e. The molecule has 0 radical (unpaired) electrons. The van der Waals surface area contributed by atoms with Crippen LogP contribution in [0, 0.1) is 13.8 Å². The molecule has 0 heterocycles. The van der Waals surface area contributed by atoms with E-state index in [0.717, 1.165) is 16.7 Å². The topological polar surface area (TPSA) is 64.6 Å². The third-order valence-electron chi connectivity index (χ3n) is 4.68. The Morgan fingerprint density at radius 1 is 0.903 bits per heavy atom. The van der Waals surface area contributed by atoms with Crippen molar-refractivity contribution in [2.75, 3.05) is 12.4 Å². The Morgan fingerprint density at radius 3 is 2.26 bits per heavy atom. The van der Waals surface area contributed by atoms with Crippen LogP contribution in [0.3, 0.4) is 0 Å². The lowest BCUT2D eigenvalue weighted by Gasteiger charge is -2.18. The van der Waals surface area contributed by atoms with Crippen LogP contribution in [0.4, 0.5) is 5.69 Å². The van der Waals surface area contributed by atoms with Gasteiger partial charge in [-0.2, -0.15) is 0 Å². The van der Waals surface area contributed by atoms with E-state index in [1.807, 2.05) is 50.2 Å². The van der Waals surface area contributed by atoms with Crippen molar-refractivity contribution in [2.24, 2.45) is 0 Å². The van der Waals surface area contributed by atoms with Gasteiger partial charge in [0.05, 0.1) is 12.8 Å². The number of ether oxygens (including phenoxy) is 2. The van der Waals surface area contributed by atoms with E-state index < -0.39 is 18.0 Å². The van der Waals surface area contributed by atoms with Crippen molar-refractivity contribution in [1.29, 1.82) is 0 Å². The highest BCUT2D eigenvalue weighted by Crippen LogP contribution is 2.27. The minimum atomic E-state index is -1.11. The fourth-order valence-corrected chi connectivity index (χ4v) is 3.02. The van der Waals surface area contributed by atoms with Crippen LogP contribution in [0.2, 0.25) is 0 Å². The summed E-state index contributed by atoms with van der Waals surface area (Å²) in [6.45, 7) is 3.91. The van der Waals surface area contributed by atoms with E-state index >= 15 is 0 Å². The number of aryl methyl sites for hydroxylation is 2. The van der Waals surface area contributed by atoms with Gasteiger partial charge in [0.15, 0.2) is 0 Å². The Hall–Kier alpha value is -3.86. The summed E-state index contributed by atoms with van der Waals surface area (Å²) in [4.78, 5) is 25.6. The molecule has 1 atom stereocenters. The highest BCUT2D eigenvalue weighted by molar-refractivity contribution is 5.98. The molecule has 158 valence electrons. The Kier molecular flexibility index (Phi) is 7.22. The molecule has 3 aromatic rings. The monoisotopic (exact) mass is 415 g/mol. The number of hydrogen-bond acceptors (Lipinski definition) is 4. The van der Waals surface area contributed by atoms with E-state index in [1.54, 1.807) is 42.5 Å². The van der Waals surface area contributed by atoms with Gasteiger partial charge in [-0.1, -0.05) is 66.2 Å². The van der Waals surface area contributed by atoms with Crippen LogP contribution in [0.15, 0.2) is 78.9 Å². The molecular weight excluding hydrogens is 390 g/mol. The molecule has 3 aromatic carbocycles. The summed E-state index contributed by atoms with van der Waals surface area (Å²) in [5.41, 5.74) is 4.05. The molecule has 0 fully saturated rings. The summed E-state index contributed by atoms with van der Waals surface area (Å²) in [6, 6.07) is 22.1. The van der Waals surface area contributed by atoms with E-state index in [0.29, 0.717) is 17.0 Å². The number of esters is 1. The van der Waals surface area contributed by atoms with E-state index in [1.165, 1.54) is 13.2 Å². The number of anilines is 1. The van der Waals surface area contributed by atoms with Gasteiger partial charge in [0, 0.05) is 11.6 Å². The van der Waals surface area contributed by atoms with Gasteiger partial charge < -0.3 is 14.8 Å². The summed E-state index contributed by atoms with van der Waals surface area (Å²) in [5, 5.41) is 2.82. The summed E-state index contributed by atoms with van der Waals surface area (Å²) in [5.74, 6) is -0.552. The van der Waals surface area contributed by atoms with Crippen molar-refractivity contribution in [3.8, 4) is 5.75 Å². The number of hydrogen-bond donors (Lipinski definition) is 1. The van der Waals surface area contributed by atoms with Crippen molar-refractivity contribution in [2.45, 2.75) is 20.0 Å². The minimum Gasteiger partial charge on any atom is -0.495 e. The maximum absolute atomic E-state index is 13.1. The smallest absolute Gasteiger partial charge is 0.331 e. The van der Waals surface area contributed by atoms with E-state index in [2.05, 4.69) is 5.32 Å². The summed E-state index contributed by atoms with van der Waals surface area (Å²) in [7, 11) is 1.53. The van der Waals surface area contributed by atoms with Gasteiger partial charge in [0.25, 0.3) is 5.91 Å². The molecular formula is C26H25NO4. The Morgan fingerprint density at radius 2 is 1.58 bits per heavy atom. The van der Waals surface area contributed by atoms with Gasteiger partial charge in [-0.15, -0.1) is 0 Å². The second-order valence-electron chi connectivity index (χ2n) is 7.16. The molecule has 1 amide bonds. The standard InChI is InChI=1S/C26H25NO4/c1-18-9-12-20(13-10-18)14-16-24(28)31-25(21-7-5-4-6-8-21)26(29)27-22-17-19(2)11-15-23(22)30-3/h4-17,25H,1-3H3,(H,27,29)/b16-14+/t25-/m0/s1. The number of rotatable bonds is 7. The number of carbonyl (C=O) groups excluding carboxylic acids is 2. The lowest BCUT2D eigenvalue weighted by Crippen LogP contribution is -2.25. The highest BCUT2D eigenvalue weighted by Gasteiger charge is 2.25. The number of amides is 1. The first-order chi connectivity index (χ1) is 15.0. The quantitative estimate of drug-likeness (QED) is 0.423. The number of carbonyl (C=O) groups is 2. The SMILES string of the molecule is COc1ccc(C)cc1NC(=O)[C@@H](OC(=O)/C=C/c1ccc(C)cc1)c1ccccc1. The molecule has 0 aromatic heterocycles. The molecule has 0 spiro atoms. The van der Waals surface area contributed by atoms with Crippen LogP contribution >= 0.6 is 0 Å². The third-order valence-corrected chi connectivity index (χ3v) is 4.68. The van der Waals surface area contributed by atoms with E-state index in [9.17, 15) is 9.59 Å². The molecule has 5 heteroatoms. The molecule has 31 heavy (non-hydrogen) atoms. The molecule has 1 N–H and O–H groups in total. The first kappa shape index (κ1) is 21.8. The fourth-order valence-electron chi connectivity index (χ4n) is 3.02. The Bertz CT molecular complexity index is 1070. The van der Waals surface area contributed by atoms with Gasteiger partial charge in [-0.05, 0) is 43.2 Å². The molecule has 0 aliphatic rings. The lowest BCUT2D eigenvalue weighted by molar-refractivity contribution is -0.149. The largest absolute Gasteiger partial charge is 0.495 e. The second kappa shape index (κ2) is 10.3. The van der Waals surface area contributed by atoms with Crippen LogP contribution in [0.1, 0.15) is 28.4 Å². The van der Waals surface area contributed by atoms with Crippen molar-refractivity contribution < 1.29 is 19.1 Å². The normalized spacial score (nSPS) is 11.7. The second-order valence-corrected chi connectivity index (χ2v) is 7.16. The number of nitrogens with one attached hydrogen (secondary N) is 1. The first-order valence-corrected chi connectivity index (χ1v) is 9.92. The maximum atomic E-state index is 13.1. The molecule has 5 nitrogen and oxygen atoms in total. The fraction of sp³-hybridized carbons (Fsp3) is 0.154. The summed E-state index contributed by atoms with van der Waals surface area (Å²) in [6.07, 6.45) is 1.87. The Labute approximate surface area is 182 Å². The minimum absolute atomic E-state index is 0.466. The lowest BCUT2D eigenvalue weighted by atomic mass is 10.1. The zero-order valence-electron chi connectivity index (χ0n) is 17.8. The van der Waals surface area contributed by atoms with Crippen LogP contribution in [0.5, 0.6) is 5.75 Å². The van der Waals surface area contributed by atoms with Crippen LogP contribution < -0.4 is 10.1 Å². The predicted molar refractivity (Wildman–Crippen MR) is 122 cm³/mol. The molecule has 0 aliphatic carbocycles. The number of benzene rings is 3. The van der Waals surface area contributed by atoms with E-state index in [4.69, 9.17) is 9.47 Å². The summed E-state index contributed by atoms with van der Waals surface area (Å²) >= 11 is 0. The molecule has 3 rings (SSSR count). The van der Waals surface area contributed by atoms with Crippen molar-refractivity contribution in [3.05, 3.63) is 101 Å². The van der Waals surface area contributed by atoms with Crippen LogP contribution in [-0.2, 0) is 14.3 Å². The Balaban J connectivity index is 1.80. The van der Waals surface area contributed by atoms with Gasteiger partial charge in [-0.25, -0.2) is 4.79 Å². The van der Waals surface area contributed by atoms with Crippen LogP contribution in [0.25, 0.3) is 6.08 Å². The van der Waals surface area contributed by atoms with E-state index in [-0.39, 0.29) is 0 Å². The zero-order valence-corrected chi connectivity index (χ0v) is 17.8. The highest BCUT2D eigenvalue weighted by atomic mass is 16.5. The molecule has 0 saturated carbocycles. The number of methoxy groups -OCH3 is 1. The van der Waals surface area contributed by atoms with Gasteiger partial charge in [-0.3, -0.25) is 4.79 Å². The average Bonchev–Trinajstić information content (AvgIpc) is 2.78. The predicted octanol–water partition coefficient (Wildman–Crippen LogP) is 5.25. The van der Waals surface area contributed by atoms with Gasteiger partial charge >= 0.3 is 5.97 Å². The third kappa shape index (κ3) is 6.06. The zero-order chi connectivity index (χ0) is 22.2. The molecule has 0 unspecified atom stereocenters. The molecule has 0 aliphatic heterocycles.